The number of rotatable bonds is 5. The van der Waals surface area contributed by atoms with Crippen LogP contribution in [0.2, 0.25) is 0 Å². The Labute approximate surface area is 226 Å². The molecule has 0 aliphatic rings. The van der Waals surface area contributed by atoms with Gasteiger partial charge in [0.1, 0.15) is 0 Å². The van der Waals surface area contributed by atoms with E-state index in [2.05, 4.69) is 93.2 Å². The van der Waals surface area contributed by atoms with E-state index in [1.165, 1.54) is 11.1 Å². The van der Waals surface area contributed by atoms with Gasteiger partial charge in [-0.3, -0.25) is 9.97 Å². The molecule has 0 bridgehead atoms. The van der Waals surface area contributed by atoms with E-state index in [1.807, 2.05) is 54.9 Å². The van der Waals surface area contributed by atoms with Crippen LogP contribution in [-0.2, 0) is 28.4 Å². The zero-order valence-corrected chi connectivity index (χ0v) is 24.9. The fourth-order valence-corrected chi connectivity index (χ4v) is 8.75. The van der Waals surface area contributed by atoms with E-state index in [0.717, 1.165) is 17.5 Å². The molecule has 0 fully saturated rings. The second kappa shape index (κ2) is 12.6. The first kappa shape index (κ1) is 29.6. The third-order valence-electron chi connectivity index (χ3n) is 5.97. The second-order valence-corrected chi connectivity index (χ2v) is 15.3. The first-order valence-corrected chi connectivity index (χ1v) is 14.0. The molecule has 2 aromatic carbocycles. The average Bonchev–Trinajstić information content (AvgIpc) is 3.52. The molecule has 4 rings (SSSR count). The van der Waals surface area contributed by atoms with E-state index < -0.39 is 5.16 Å². The van der Waals surface area contributed by atoms with Gasteiger partial charge in [0, 0.05) is 29.5 Å². The summed E-state index contributed by atoms with van der Waals surface area (Å²) in [4.78, 5) is 9.49. The van der Waals surface area contributed by atoms with E-state index in [-0.39, 0.29) is 35.3 Å². The number of nitrogens with zero attached hydrogens (tertiary/aromatic N) is 2. The van der Waals surface area contributed by atoms with Gasteiger partial charge in [-0.1, -0.05) is 59.8 Å². The van der Waals surface area contributed by atoms with Crippen molar-refractivity contribution >= 4 is 17.2 Å². The van der Waals surface area contributed by atoms with Gasteiger partial charge in [0.05, 0.1) is 16.5 Å². The molecule has 1 unspecified atom stereocenters. The van der Waals surface area contributed by atoms with Crippen molar-refractivity contribution in [1.82, 2.24) is 9.97 Å². The van der Waals surface area contributed by atoms with Crippen molar-refractivity contribution in [3.63, 3.8) is 0 Å². The Morgan fingerprint density at radius 1 is 0.743 bits per heavy atom. The maximum Gasteiger partial charge on any atom is 0.0709 e. The minimum absolute atomic E-state index is 0. The minimum Gasteiger partial charge on any atom is -0.748 e. The molecule has 2 aromatic heterocycles. The second-order valence-electron chi connectivity index (χ2n) is 10.6. The van der Waals surface area contributed by atoms with Gasteiger partial charge in [0.15, 0.2) is 0 Å². The van der Waals surface area contributed by atoms with E-state index in [9.17, 15) is 0 Å². The molecule has 0 radical (unpaired) electrons. The van der Waals surface area contributed by atoms with Crippen molar-refractivity contribution in [3.8, 4) is 0 Å². The number of hydrogen-bond donors (Lipinski definition) is 0. The summed E-state index contributed by atoms with van der Waals surface area (Å²) in [6.45, 7) is 14.3. The Balaban J connectivity index is 0.000000640. The van der Waals surface area contributed by atoms with Gasteiger partial charge < -0.3 is 30.3 Å². The molecule has 1 atom stereocenters. The third kappa shape index (κ3) is 7.44. The summed E-state index contributed by atoms with van der Waals surface area (Å²) >= 11 is 0. The van der Waals surface area contributed by atoms with Crippen LogP contribution >= 0.6 is 17.2 Å². The van der Waals surface area contributed by atoms with Gasteiger partial charge in [-0.2, -0.15) is 6.07 Å². The molecule has 2 nitrogen and oxygen atoms in total. The molecule has 0 saturated heterocycles. The molecule has 35 heavy (non-hydrogen) atoms. The molecular weight excluding hydrogens is 506 g/mol. The van der Waals surface area contributed by atoms with Crippen LogP contribution in [0.5, 0.6) is 0 Å². The minimum atomic E-state index is -0.460. The fourth-order valence-electron chi connectivity index (χ4n) is 4.55. The maximum absolute atomic E-state index is 4.75. The number of aromatic nitrogens is 2. The summed E-state index contributed by atoms with van der Waals surface area (Å²) < 4.78 is 0. The van der Waals surface area contributed by atoms with Crippen molar-refractivity contribution in [3.05, 3.63) is 120 Å². The van der Waals surface area contributed by atoms with Crippen LogP contribution < -0.4 is 0 Å². The van der Waals surface area contributed by atoms with E-state index in [4.69, 9.17) is 9.97 Å². The molecule has 5 heteroatoms. The standard InChI is InChI=1S/C25H33N2P2.C5H5.Fe/c1-23(2,3)29(24(4,5)6)18-19-12-11-13-20(19)25(28,21-14-7-9-16-26-21)22-15-8-10-17-27-22;1-2-4-5-3-1;/h7-17H,18,28H2,1-6H3;1-5H;/q-1;-5;. The predicted molar refractivity (Wildman–Crippen MR) is 152 cm³/mol. The zero-order chi connectivity index (χ0) is 24.8. The van der Waals surface area contributed by atoms with Gasteiger partial charge in [-0.05, 0) is 34.6 Å². The summed E-state index contributed by atoms with van der Waals surface area (Å²) in [5.41, 5.74) is 4.71. The van der Waals surface area contributed by atoms with E-state index >= 15 is 0 Å². The number of pyridine rings is 2. The van der Waals surface area contributed by atoms with Gasteiger partial charge >= 0.3 is 0 Å². The Morgan fingerprint density at radius 3 is 1.57 bits per heavy atom. The quantitative estimate of drug-likeness (QED) is 0.143. The van der Waals surface area contributed by atoms with E-state index in [1.54, 1.807) is 0 Å². The zero-order valence-electron chi connectivity index (χ0n) is 21.7. The molecule has 0 N–H and O–H groups in total. The van der Waals surface area contributed by atoms with Crippen molar-refractivity contribution in [2.45, 2.75) is 63.2 Å². The summed E-state index contributed by atoms with van der Waals surface area (Å²) in [5, 5.41) is 0.0987. The van der Waals surface area contributed by atoms with Crippen LogP contribution in [0.15, 0.2) is 97.3 Å². The first-order chi connectivity index (χ1) is 16.0. The normalized spacial score (nSPS) is 12.0. The van der Waals surface area contributed by atoms with Crippen LogP contribution in [0.4, 0.5) is 0 Å². The van der Waals surface area contributed by atoms with Crippen molar-refractivity contribution in [1.29, 1.82) is 0 Å². The molecule has 4 aromatic rings. The van der Waals surface area contributed by atoms with Crippen molar-refractivity contribution < 1.29 is 17.1 Å². The van der Waals surface area contributed by atoms with Gasteiger partial charge in [-0.15, -0.1) is 28.3 Å². The van der Waals surface area contributed by atoms with Crippen LogP contribution in [0.3, 0.4) is 0 Å². The summed E-state index contributed by atoms with van der Waals surface area (Å²) in [6.07, 6.45) is 4.84. The van der Waals surface area contributed by atoms with Crippen LogP contribution in [0.25, 0.3) is 0 Å². The molecule has 0 aliphatic heterocycles. The topological polar surface area (TPSA) is 25.8 Å². The molecule has 2 heterocycles. The predicted octanol–water partition coefficient (Wildman–Crippen LogP) is 8.34. The van der Waals surface area contributed by atoms with Gasteiger partial charge in [0.2, 0.25) is 0 Å². The molecule has 0 spiro atoms. The fraction of sp³-hybridized carbons (Fsp3) is 0.333. The summed E-state index contributed by atoms with van der Waals surface area (Å²) in [5.74, 6) is 0. The monoisotopic (exact) mass is 544 g/mol. The van der Waals surface area contributed by atoms with Crippen LogP contribution in [0.1, 0.15) is 64.1 Å². The smallest absolute Gasteiger partial charge is 0.0709 e. The summed E-state index contributed by atoms with van der Waals surface area (Å²) in [7, 11) is 2.84. The Hall–Kier alpha value is -1.62. The first-order valence-electron chi connectivity index (χ1n) is 11.9. The Morgan fingerprint density at radius 2 is 1.20 bits per heavy atom. The largest absolute Gasteiger partial charge is 0.748 e. The average molecular weight is 544 g/mol. The molecule has 0 saturated carbocycles. The van der Waals surface area contributed by atoms with Crippen molar-refractivity contribution in [2.24, 2.45) is 0 Å². The van der Waals surface area contributed by atoms with E-state index in [0.29, 0.717) is 0 Å². The molecular formula is C30H38FeN2P2-6. The number of hydrogen-bond acceptors (Lipinski definition) is 2. The maximum atomic E-state index is 4.75. The van der Waals surface area contributed by atoms with Crippen molar-refractivity contribution in [2.75, 3.05) is 0 Å². The Kier molecular flexibility index (Phi) is 10.6. The van der Waals surface area contributed by atoms with Gasteiger partial charge in [0.25, 0.3) is 0 Å². The third-order valence-corrected chi connectivity index (χ3v) is 10.8. The molecule has 0 aliphatic carbocycles. The molecule has 0 amide bonds. The summed E-state index contributed by atoms with van der Waals surface area (Å²) in [6, 6.07) is 29.0. The van der Waals surface area contributed by atoms with Gasteiger partial charge in [-0.25, -0.2) is 12.1 Å². The molecule has 192 valence electrons. The SMILES string of the molecule is CC(C)(C)P(C[c-]1cccc1C(P)(c1ccccn1)c1ccccn1)C(C)(C)C.[Fe].[cH-]1[cH-][cH-][cH-][cH-]1. The van der Waals surface area contributed by atoms with Crippen LogP contribution in [-0.4, -0.2) is 20.3 Å². The Bertz CT molecular complexity index is 1040. The van der Waals surface area contributed by atoms with Crippen LogP contribution in [0, 0.1) is 0 Å².